The molecule has 0 bridgehead atoms. The summed E-state index contributed by atoms with van der Waals surface area (Å²) in [7, 11) is 0. The van der Waals surface area contributed by atoms with Crippen molar-refractivity contribution in [3.8, 4) is 0 Å². The van der Waals surface area contributed by atoms with Gasteiger partial charge in [0.25, 0.3) is 5.91 Å². The number of alkyl halides is 1. The molecule has 0 aliphatic carbocycles. The molecule has 2 rings (SSSR count). The third-order valence-corrected chi connectivity index (χ3v) is 4.04. The van der Waals surface area contributed by atoms with E-state index in [0.717, 1.165) is 19.6 Å². The van der Waals surface area contributed by atoms with Crippen LogP contribution in [0.1, 0.15) is 10.4 Å². The monoisotopic (exact) mass is 320 g/mol. The highest BCUT2D eigenvalue weighted by Gasteiger charge is 2.24. The zero-order valence-electron chi connectivity index (χ0n) is 10.4. The molecule has 0 unspecified atom stereocenters. The first-order valence-corrected chi connectivity index (χ1v) is 7.44. The second kappa shape index (κ2) is 6.80. The number of amides is 1. The summed E-state index contributed by atoms with van der Waals surface area (Å²) in [6, 6.07) is 5.11. The lowest BCUT2D eigenvalue weighted by Gasteiger charge is -2.34. The van der Waals surface area contributed by atoms with Crippen LogP contribution in [0.3, 0.4) is 0 Å². The molecule has 6 heteroatoms. The van der Waals surface area contributed by atoms with E-state index in [4.69, 9.17) is 34.8 Å². The van der Waals surface area contributed by atoms with E-state index in [1.165, 1.54) is 0 Å². The van der Waals surface area contributed by atoms with Crippen molar-refractivity contribution in [1.82, 2.24) is 9.80 Å². The molecule has 19 heavy (non-hydrogen) atoms. The topological polar surface area (TPSA) is 23.6 Å². The summed E-state index contributed by atoms with van der Waals surface area (Å²) in [5.41, 5.74) is 0.400. The lowest BCUT2D eigenvalue weighted by Crippen LogP contribution is -2.49. The molecule has 1 heterocycles. The first-order chi connectivity index (χ1) is 9.13. The van der Waals surface area contributed by atoms with Gasteiger partial charge < -0.3 is 4.90 Å². The number of hydrogen-bond acceptors (Lipinski definition) is 2. The van der Waals surface area contributed by atoms with Crippen LogP contribution in [0.25, 0.3) is 0 Å². The summed E-state index contributed by atoms with van der Waals surface area (Å²) in [6.07, 6.45) is 0. The van der Waals surface area contributed by atoms with Crippen LogP contribution in [0.2, 0.25) is 10.0 Å². The van der Waals surface area contributed by atoms with Gasteiger partial charge in [0, 0.05) is 38.6 Å². The molecular weight excluding hydrogens is 307 g/mol. The summed E-state index contributed by atoms with van der Waals surface area (Å²) >= 11 is 17.8. The third-order valence-electron chi connectivity index (χ3n) is 3.24. The number of halogens is 3. The first-order valence-electron chi connectivity index (χ1n) is 6.15. The summed E-state index contributed by atoms with van der Waals surface area (Å²) < 4.78 is 0. The molecule has 104 valence electrons. The quantitative estimate of drug-likeness (QED) is 0.799. The zero-order valence-corrected chi connectivity index (χ0v) is 12.7. The fraction of sp³-hybridized carbons (Fsp3) is 0.462. The summed E-state index contributed by atoms with van der Waals surface area (Å²) in [4.78, 5) is 16.4. The highest BCUT2D eigenvalue weighted by atomic mass is 35.5. The second-order valence-corrected chi connectivity index (χ2v) is 5.61. The van der Waals surface area contributed by atoms with E-state index < -0.39 is 0 Å². The molecule has 3 nitrogen and oxygen atoms in total. The first kappa shape index (κ1) is 14.9. The van der Waals surface area contributed by atoms with Crippen molar-refractivity contribution in [3.63, 3.8) is 0 Å². The average Bonchev–Trinajstić information content (AvgIpc) is 2.39. The SMILES string of the molecule is O=C(c1c(Cl)cccc1Cl)N1CCN(CCCl)CC1. The van der Waals surface area contributed by atoms with Gasteiger partial charge in [0.1, 0.15) is 0 Å². The molecule has 1 aliphatic rings. The Morgan fingerprint density at radius 3 is 2.21 bits per heavy atom. The molecular formula is C13H15Cl3N2O. The highest BCUT2D eigenvalue weighted by molar-refractivity contribution is 6.39. The molecule has 0 N–H and O–H groups in total. The Bertz CT molecular complexity index is 439. The minimum absolute atomic E-state index is 0.0962. The molecule has 0 saturated carbocycles. The maximum atomic E-state index is 12.4. The molecule has 0 atom stereocenters. The number of rotatable bonds is 3. The molecule has 1 fully saturated rings. The molecule has 1 amide bonds. The van der Waals surface area contributed by atoms with Gasteiger partial charge in [-0.1, -0.05) is 29.3 Å². The Labute approximate surface area is 128 Å². The van der Waals surface area contributed by atoms with Crippen LogP contribution in [-0.4, -0.2) is 54.3 Å². The van der Waals surface area contributed by atoms with Crippen molar-refractivity contribution in [1.29, 1.82) is 0 Å². The Morgan fingerprint density at radius 2 is 1.68 bits per heavy atom. The molecule has 1 saturated heterocycles. The van der Waals surface area contributed by atoms with E-state index in [0.29, 0.717) is 34.6 Å². The Hall–Kier alpha value is -0.480. The molecule has 0 spiro atoms. The fourth-order valence-corrected chi connectivity index (χ4v) is 2.95. The number of carbonyl (C=O) groups excluding carboxylic acids is 1. The zero-order chi connectivity index (χ0) is 13.8. The van der Waals surface area contributed by atoms with E-state index in [1.807, 2.05) is 0 Å². The standard InChI is InChI=1S/C13H15Cl3N2O/c14-4-5-17-6-8-18(9-7-17)13(19)12-10(15)2-1-3-11(12)16/h1-3H,4-9H2. The van der Waals surface area contributed by atoms with Crippen molar-refractivity contribution in [2.75, 3.05) is 38.6 Å². The van der Waals surface area contributed by atoms with Crippen molar-refractivity contribution in [3.05, 3.63) is 33.8 Å². The smallest absolute Gasteiger partial charge is 0.256 e. The van der Waals surface area contributed by atoms with E-state index in [1.54, 1.807) is 23.1 Å². The number of nitrogens with zero attached hydrogens (tertiary/aromatic N) is 2. The normalized spacial score (nSPS) is 16.7. The van der Waals surface area contributed by atoms with Gasteiger partial charge in [0.05, 0.1) is 15.6 Å². The number of piperazine rings is 1. The van der Waals surface area contributed by atoms with Crippen LogP contribution in [-0.2, 0) is 0 Å². The second-order valence-electron chi connectivity index (χ2n) is 4.42. The van der Waals surface area contributed by atoms with Crippen molar-refractivity contribution in [2.24, 2.45) is 0 Å². The Kier molecular flexibility index (Phi) is 5.34. The van der Waals surface area contributed by atoms with Crippen LogP contribution in [0, 0.1) is 0 Å². The van der Waals surface area contributed by atoms with Gasteiger partial charge in [-0.05, 0) is 12.1 Å². The Morgan fingerprint density at radius 1 is 1.11 bits per heavy atom. The maximum absolute atomic E-state index is 12.4. The molecule has 1 aromatic carbocycles. The molecule has 0 aromatic heterocycles. The predicted molar refractivity (Wildman–Crippen MR) is 79.5 cm³/mol. The highest BCUT2D eigenvalue weighted by Crippen LogP contribution is 2.26. The van der Waals surface area contributed by atoms with Gasteiger partial charge in [0.15, 0.2) is 0 Å². The van der Waals surface area contributed by atoms with Gasteiger partial charge in [-0.25, -0.2) is 0 Å². The summed E-state index contributed by atoms with van der Waals surface area (Å²) in [5, 5.41) is 0.807. The van der Waals surface area contributed by atoms with Crippen molar-refractivity contribution >= 4 is 40.7 Å². The van der Waals surface area contributed by atoms with Crippen LogP contribution in [0.15, 0.2) is 18.2 Å². The minimum Gasteiger partial charge on any atom is -0.336 e. The molecule has 1 aromatic rings. The van der Waals surface area contributed by atoms with Crippen molar-refractivity contribution < 1.29 is 4.79 Å². The van der Waals surface area contributed by atoms with Crippen molar-refractivity contribution in [2.45, 2.75) is 0 Å². The van der Waals surface area contributed by atoms with Crippen LogP contribution < -0.4 is 0 Å². The van der Waals surface area contributed by atoms with E-state index in [2.05, 4.69) is 4.90 Å². The van der Waals surface area contributed by atoms with Gasteiger partial charge in [-0.3, -0.25) is 9.69 Å². The van der Waals surface area contributed by atoms with E-state index >= 15 is 0 Å². The number of hydrogen-bond donors (Lipinski definition) is 0. The van der Waals surface area contributed by atoms with Gasteiger partial charge >= 0.3 is 0 Å². The molecule has 0 radical (unpaired) electrons. The van der Waals surface area contributed by atoms with Gasteiger partial charge in [-0.2, -0.15) is 0 Å². The lowest BCUT2D eigenvalue weighted by molar-refractivity contribution is 0.0644. The molecule has 1 aliphatic heterocycles. The average molecular weight is 322 g/mol. The van der Waals surface area contributed by atoms with Gasteiger partial charge in [0.2, 0.25) is 0 Å². The van der Waals surface area contributed by atoms with E-state index in [9.17, 15) is 4.79 Å². The van der Waals surface area contributed by atoms with Crippen LogP contribution >= 0.6 is 34.8 Å². The van der Waals surface area contributed by atoms with E-state index in [-0.39, 0.29) is 5.91 Å². The Balaban J connectivity index is 2.05. The van der Waals surface area contributed by atoms with Crippen LogP contribution in [0.5, 0.6) is 0 Å². The summed E-state index contributed by atoms with van der Waals surface area (Å²) in [5.74, 6) is 0.519. The minimum atomic E-state index is -0.0962. The van der Waals surface area contributed by atoms with Gasteiger partial charge in [-0.15, -0.1) is 11.6 Å². The van der Waals surface area contributed by atoms with Crippen LogP contribution in [0.4, 0.5) is 0 Å². The number of benzene rings is 1. The largest absolute Gasteiger partial charge is 0.336 e. The maximum Gasteiger partial charge on any atom is 0.256 e. The summed E-state index contributed by atoms with van der Waals surface area (Å²) in [6.45, 7) is 3.88. The number of carbonyl (C=O) groups is 1. The lowest BCUT2D eigenvalue weighted by atomic mass is 10.1. The third kappa shape index (κ3) is 3.54. The fourth-order valence-electron chi connectivity index (χ4n) is 2.15. The predicted octanol–water partition coefficient (Wildman–Crippen LogP) is 2.99.